The average Bonchev–Trinajstić information content (AvgIpc) is 3.21. The van der Waals surface area contributed by atoms with Crippen molar-refractivity contribution >= 4 is 10.0 Å². The summed E-state index contributed by atoms with van der Waals surface area (Å²) in [5.41, 5.74) is 0. The Morgan fingerprint density at radius 1 is 1.29 bits per heavy atom. The number of halogens is 2. The van der Waals surface area contributed by atoms with E-state index < -0.39 is 23.0 Å². The number of hydrogen-bond donors (Lipinski definition) is 1. The smallest absolute Gasteiger partial charge is 0.257 e. The zero-order valence-electron chi connectivity index (χ0n) is 13.6. The number of alkyl halides is 2. The van der Waals surface area contributed by atoms with Crippen molar-refractivity contribution in [3.05, 3.63) is 12.4 Å². The molecule has 0 radical (unpaired) electrons. The van der Waals surface area contributed by atoms with Crippen LogP contribution < -0.4 is 4.72 Å². The molecule has 1 unspecified atom stereocenters. The largest absolute Gasteiger partial charge is 0.301 e. The molecular formula is C15H24F2N4O2S. The fraction of sp³-hybridized carbons (Fsp3) is 0.800. The van der Waals surface area contributed by atoms with Gasteiger partial charge in [0.2, 0.25) is 10.0 Å². The molecule has 1 N–H and O–H groups in total. The van der Waals surface area contributed by atoms with Gasteiger partial charge < -0.3 is 4.90 Å². The summed E-state index contributed by atoms with van der Waals surface area (Å²) in [5, 5.41) is 3.69. The molecule has 0 amide bonds. The van der Waals surface area contributed by atoms with E-state index in [1.807, 2.05) is 0 Å². The summed E-state index contributed by atoms with van der Waals surface area (Å²) in [5.74, 6) is 0.743. The van der Waals surface area contributed by atoms with Crippen LogP contribution in [0.1, 0.15) is 32.1 Å². The van der Waals surface area contributed by atoms with Gasteiger partial charge in [-0.3, -0.25) is 4.68 Å². The fourth-order valence-corrected chi connectivity index (χ4v) is 4.88. The molecule has 1 aromatic rings. The maximum absolute atomic E-state index is 12.4. The zero-order valence-corrected chi connectivity index (χ0v) is 14.4. The lowest BCUT2D eigenvalue weighted by Crippen LogP contribution is -2.37. The molecule has 1 aliphatic carbocycles. The van der Waals surface area contributed by atoms with Crippen molar-refractivity contribution in [1.82, 2.24) is 19.4 Å². The SMILES string of the molecule is O=S(=O)(NC1CCN(CC2CCCC2)C1)c1cnn(CC(F)F)c1. The second-order valence-corrected chi connectivity index (χ2v) is 8.52. The molecule has 1 aromatic heterocycles. The monoisotopic (exact) mass is 362 g/mol. The average molecular weight is 362 g/mol. The molecule has 24 heavy (non-hydrogen) atoms. The van der Waals surface area contributed by atoms with E-state index in [9.17, 15) is 17.2 Å². The molecule has 3 rings (SSSR count). The van der Waals surface area contributed by atoms with Gasteiger partial charge in [0, 0.05) is 25.3 Å². The van der Waals surface area contributed by atoms with E-state index in [2.05, 4.69) is 14.7 Å². The van der Waals surface area contributed by atoms with Crippen LogP contribution in [0.25, 0.3) is 0 Å². The number of likely N-dealkylation sites (tertiary alicyclic amines) is 1. The normalized spacial score (nSPS) is 23.5. The summed E-state index contributed by atoms with van der Waals surface area (Å²) >= 11 is 0. The third kappa shape index (κ3) is 4.52. The van der Waals surface area contributed by atoms with Crippen LogP contribution in [0.2, 0.25) is 0 Å². The topological polar surface area (TPSA) is 67.2 Å². The first kappa shape index (κ1) is 17.8. The Balaban J connectivity index is 1.53. The summed E-state index contributed by atoms with van der Waals surface area (Å²) < 4.78 is 53.0. The molecule has 136 valence electrons. The number of aromatic nitrogens is 2. The van der Waals surface area contributed by atoms with Crippen LogP contribution >= 0.6 is 0 Å². The van der Waals surface area contributed by atoms with Gasteiger partial charge >= 0.3 is 0 Å². The van der Waals surface area contributed by atoms with Gasteiger partial charge in [0.25, 0.3) is 6.43 Å². The third-order valence-electron chi connectivity index (χ3n) is 4.83. The van der Waals surface area contributed by atoms with Gasteiger partial charge in [-0.05, 0) is 31.7 Å². The van der Waals surface area contributed by atoms with Gasteiger partial charge in [-0.25, -0.2) is 21.9 Å². The zero-order chi connectivity index (χ0) is 17.2. The number of rotatable bonds is 7. The van der Waals surface area contributed by atoms with E-state index in [1.165, 1.54) is 25.7 Å². The molecule has 2 heterocycles. The van der Waals surface area contributed by atoms with E-state index in [-0.39, 0.29) is 10.9 Å². The lowest BCUT2D eigenvalue weighted by molar-refractivity contribution is 0.121. The van der Waals surface area contributed by atoms with Crippen molar-refractivity contribution in [3.63, 3.8) is 0 Å². The molecule has 1 saturated carbocycles. The quantitative estimate of drug-likeness (QED) is 0.802. The van der Waals surface area contributed by atoms with Crippen LogP contribution in [0.15, 0.2) is 17.3 Å². The van der Waals surface area contributed by atoms with Gasteiger partial charge in [-0.1, -0.05) is 12.8 Å². The van der Waals surface area contributed by atoms with Gasteiger partial charge in [0.1, 0.15) is 11.4 Å². The Labute approximate surface area is 141 Å². The molecule has 0 aromatic carbocycles. The van der Waals surface area contributed by atoms with Gasteiger partial charge in [0.15, 0.2) is 0 Å². The highest BCUT2D eigenvalue weighted by Crippen LogP contribution is 2.26. The van der Waals surface area contributed by atoms with Gasteiger partial charge in [0.05, 0.1) is 6.20 Å². The van der Waals surface area contributed by atoms with E-state index in [4.69, 9.17) is 0 Å². The highest BCUT2D eigenvalue weighted by Gasteiger charge is 2.29. The number of sulfonamides is 1. The fourth-order valence-electron chi connectivity index (χ4n) is 3.66. The Kier molecular flexibility index (Phi) is 5.51. The van der Waals surface area contributed by atoms with E-state index >= 15 is 0 Å². The minimum absolute atomic E-state index is 0.0580. The summed E-state index contributed by atoms with van der Waals surface area (Å²) in [6.07, 6.45) is 5.64. The van der Waals surface area contributed by atoms with Crippen LogP contribution in [0.5, 0.6) is 0 Å². The summed E-state index contributed by atoms with van der Waals surface area (Å²) in [6, 6.07) is -0.130. The molecule has 0 spiro atoms. The molecule has 1 saturated heterocycles. The van der Waals surface area contributed by atoms with Crippen molar-refractivity contribution < 1.29 is 17.2 Å². The molecule has 2 aliphatic rings. The molecule has 6 nitrogen and oxygen atoms in total. The first-order valence-corrected chi connectivity index (χ1v) is 9.96. The molecular weight excluding hydrogens is 338 g/mol. The highest BCUT2D eigenvalue weighted by molar-refractivity contribution is 7.89. The van der Waals surface area contributed by atoms with Gasteiger partial charge in [-0.2, -0.15) is 5.10 Å². The maximum atomic E-state index is 12.4. The summed E-state index contributed by atoms with van der Waals surface area (Å²) in [6.45, 7) is 2.05. The van der Waals surface area contributed by atoms with Gasteiger partial charge in [-0.15, -0.1) is 0 Å². The standard InChI is InChI=1S/C15H24F2N4O2S/c16-15(17)11-21-10-14(7-18-21)24(22,23)19-13-5-6-20(9-13)8-12-3-1-2-4-12/h7,10,12-13,15,19H,1-6,8-9,11H2. The van der Waals surface area contributed by atoms with Crippen LogP contribution in [0, 0.1) is 5.92 Å². The van der Waals surface area contributed by atoms with Crippen molar-refractivity contribution in [3.8, 4) is 0 Å². The van der Waals surface area contributed by atoms with E-state index in [0.717, 1.165) is 42.5 Å². The van der Waals surface area contributed by atoms with Crippen molar-refractivity contribution in [1.29, 1.82) is 0 Å². The first-order valence-electron chi connectivity index (χ1n) is 8.47. The van der Waals surface area contributed by atoms with Crippen LogP contribution in [0.3, 0.4) is 0 Å². The summed E-state index contributed by atoms with van der Waals surface area (Å²) in [7, 11) is -3.71. The number of hydrogen-bond acceptors (Lipinski definition) is 4. The van der Waals surface area contributed by atoms with E-state index in [1.54, 1.807) is 0 Å². The minimum atomic E-state index is -3.71. The lowest BCUT2D eigenvalue weighted by atomic mass is 10.1. The number of nitrogens with zero attached hydrogens (tertiary/aromatic N) is 3. The van der Waals surface area contributed by atoms with Crippen LogP contribution in [0.4, 0.5) is 8.78 Å². The van der Waals surface area contributed by atoms with Crippen molar-refractivity contribution in [2.24, 2.45) is 5.92 Å². The molecule has 1 aliphatic heterocycles. The molecule has 1 atom stereocenters. The Bertz CT molecular complexity index is 644. The van der Waals surface area contributed by atoms with Crippen molar-refractivity contribution in [2.75, 3.05) is 19.6 Å². The second kappa shape index (κ2) is 7.45. The molecule has 2 fully saturated rings. The predicted molar refractivity (Wildman–Crippen MR) is 85.4 cm³/mol. The Morgan fingerprint density at radius 2 is 2.04 bits per heavy atom. The van der Waals surface area contributed by atoms with Crippen LogP contribution in [-0.2, 0) is 16.6 Å². The lowest BCUT2D eigenvalue weighted by Gasteiger charge is -2.20. The number of nitrogens with one attached hydrogen (secondary N) is 1. The summed E-state index contributed by atoms with van der Waals surface area (Å²) in [4.78, 5) is 2.26. The highest BCUT2D eigenvalue weighted by atomic mass is 32.2. The Hall–Kier alpha value is -1.06. The molecule has 9 heteroatoms. The Morgan fingerprint density at radius 3 is 2.75 bits per heavy atom. The minimum Gasteiger partial charge on any atom is -0.301 e. The predicted octanol–water partition coefficient (Wildman–Crippen LogP) is 1.69. The van der Waals surface area contributed by atoms with Crippen LogP contribution in [-0.4, -0.2) is 55.2 Å². The molecule has 0 bridgehead atoms. The first-order chi connectivity index (χ1) is 11.4. The van der Waals surface area contributed by atoms with E-state index in [0.29, 0.717) is 6.54 Å². The maximum Gasteiger partial charge on any atom is 0.257 e. The second-order valence-electron chi connectivity index (χ2n) is 6.81. The van der Waals surface area contributed by atoms with Crippen molar-refractivity contribution in [2.45, 2.75) is 56.0 Å². The third-order valence-corrected chi connectivity index (χ3v) is 6.31.